The Morgan fingerprint density at radius 3 is 2.50 bits per heavy atom. The molecule has 2 aromatic heterocycles. The van der Waals surface area contributed by atoms with Gasteiger partial charge in [0, 0.05) is 14.1 Å². The molecular formula is C8H9ClN4O3. The Bertz CT molecular complexity index is 681. The lowest BCUT2D eigenvalue weighted by Gasteiger charge is -2.03. The molecule has 8 heteroatoms. The van der Waals surface area contributed by atoms with E-state index >= 15 is 0 Å². The molecule has 86 valence electrons. The van der Waals surface area contributed by atoms with Gasteiger partial charge in [-0.05, 0) is 11.6 Å². The highest BCUT2D eigenvalue weighted by Crippen LogP contribution is 2.14. The van der Waals surface area contributed by atoms with Crippen molar-refractivity contribution in [3.8, 4) is 0 Å². The standard InChI is InChI=1S/C8H9ClN4O3/c1-11-5-4(6(15)12(2)8(11)16)13(3-14)7(9)10-5/h14H,3H2,1-2H3. The van der Waals surface area contributed by atoms with Crippen molar-refractivity contribution < 1.29 is 5.11 Å². The summed E-state index contributed by atoms with van der Waals surface area (Å²) in [5.74, 6) is 0. The molecule has 0 aliphatic rings. The summed E-state index contributed by atoms with van der Waals surface area (Å²) in [6.45, 7) is -0.469. The van der Waals surface area contributed by atoms with Gasteiger partial charge in [0.15, 0.2) is 11.2 Å². The number of hydrogen-bond donors (Lipinski definition) is 1. The lowest BCUT2D eigenvalue weighted by atomic mass is 10.5. The van der Waals surface area contributed by atoms with Gasteiger partial charge in [-0.2, -0.15) is 4.98 Å². The Morgan fingerprint density at radius 2 is 1.94 bits per heavy atom. The largest absolute Gasteiger partial charge is 0.376 e. The highest BCUT2D eigenvalue weighted by atomic mass is 35.5. The Morgan fingerprint density at radius 1 is 1.31 bits per heavy atom. The molecule has 0 radical (unpaired) electrons. The van der Waals surface area contributed by atoms with Crippen molar-refractivity contribution in [1.82, 2.24) is 18.7 Å². The smallest absolute Gasteiger partial charge is 0.332 e. The zero-order valence-corrected chi connectivity index (χ0v) is 9.39. The van der Waals surface area contributed by atoms with E-state index in [2.05, 4.69) is 4.98 Å². The van der Waals surface area contributed by atoms with Crippen LogP contribution in [-0.4, -0.2) is 23.8 Å². The predicted molar refractivity (Wildman–Crippen MR) is 57.4 cm³/mol. The van der Waals surface area contributed by atoms with E-state index in [1.165, 1.54) is 18.7 Å². The van der Waals surface area contributed by atoms with Crippen molar-refractivity contribution in [2.24, 2.45) is 14.1 Å². The molecule has 0 unspecified atom stereocenters. The summed E-state index contributed by atoms with van der Waals surface area (Å²) in [5, 5.41) is 9.05. The lowest BCUT2D eigenvalue weighted by Crippen LogP contribution is -2.37. The van der Waals surface area contributed by atoms with Gasteiger partial charge in [0.2, 0.25) is 5.28 Å². The van der Waals surface area contributed by atoms with Crippen molar-refractivity contribution in [2.45, 2.75) is 6.73 Å². The molecule has 0 saturated heterocycles. The molecule has 2 rings (SSSR count). The molecule has 0 fully saturated rings. The average Bonchev–Trinajstić information content (AvgIpc) is 2.60. The predicted octanol–water partition coefficient (Wildman–Crippen LogP) is -0.963. The number of aryl methyl sites for hydroxylation is 1. The minimum atomic E-state index is -0.536. The number of rotatable bonds is 1. The molecule has 0 spiro atoms. The van der Waals surface area contributed by atoms with Gasteiger partial charge in [-0.25, -0.2) is 4.79 Å². The summed E-state index contributed by atoms with van der Waals surface area (Å²) in [7, 11) is 2.84. The van der Waals surface area contributed by atoms with E-state index in [1.807, 2.05) is 0 Å². The Labute approximate surface area is 94.1 Å². The van der Waals surface area contributed by atoms with Gasteiger partial charge in [0.1, 0.15) is 6.73 Å². The van der Waals surface area contributed by atoms with Crippen LogP contribution in [0.15, 0.2) is 9.59 Å². The summed E-state index contributed by atoms with van der Waals surface area (Å²) in [5.41, 5.74) is -0.757. The van der Waals surface area contributed by atoms with Crippen LogP contribution in [0.4, 0.5) is 0 Å². The van der Waals surface area contributed by atoms with E-state index < -0.39 is 18.0 Å². The van der Waals surface area contributed by atoms with Crippen molar-refractivity contribution in [3.63, 3.8) is 0 Å². The van der Waals surface area contributed by atoms with Gasteiger partial charge < -0.3 is 5.11 Å². The highest BCUT2D eigenvalue weighted by Gasteiger charge is 2.16. The third-order valence-electron chi connectivity index (χ3n) is 2.44. The summed E-state index contributed by atoms with van der Waals surface area (Å²) in [6.07, 6.45) is 0. The van der Waals surface area contributed by atoms with E-state index in [9.17, 15) is 9.59 Å². The normalized spacial score (nSPS) is 11.2. The highest BCUT2D eigenvalue weighted by molar-refractivity contribution is 6.29. The molecule has 0 amide bonds. The molecule has 7 nitrogen and oxygen atoms in total. The van der Waals surface area contributed by atoms with E-state index in [0.717, 1.165) is 9.13 Å². The molecule has 0 atom stereocenters. The topological polar surface area (TPSA) is 82.0 Å². The fraction of sp³-hybridized carbons (Fsp3) is 0.375. The maximum Gasteiger partial charge on any atom is 0.332 e. The second-order valence-corrected chi connectivity index (χ2v) is 3.67. The van der Waals surface area contributed by atoms with Crippen molar-refractivity contribution in [3.05, 3.63) is 26.1 Å². The first-order chi connectivity index (χ1) is 7.49. The SMILES string of the molecule is Cn1c(=O)c2c(nc(Cl)n2CO)n(C)c1=O. The number of fused-ring (bicyclic) bond motifs is 1. The molecule has 16 heavy (non-hydrogen) atoms. The maximum absolute atomic E-state index is 11.8. The third kappa shape index (κ3) is 1.22. The minimum absolute atomic E-state index is 0.0317. The average molecular weight is 245 g/mol. The lowest BCUT2D eigenvalue weighted by molar-refractivity contribution is 0.214. The van der Waals surface area contributed by atoms with Crippen LogP contribution in [0.3, 0.4) is 0 Å². The van der Waals surface area contributed by atoms with E-state index in [-0.39, 0.29) is 16.4 Å². The number of hydrogen-bond acceptors (Lipinski definition) is 4. The minimum Gasteiger partial charge on any atom is -0.376 e. The van der Waals surface area contributed by atoms with Crippen LogP contribution in [0.25, 0.3) is 11.2 Å². The second kappa shape index (κ2) is 3.46. The van der Waals surface area contributed by atoms with Gasteiger partial charge in [-0.15, -0.1) is 0 Å². The number of halogens is 1. The number of aliphatic hydroxyl groups is 1. The maximum atomic E-state index is 11.8. The van der Waals surface area contributed by atoms with Gasteiger partial charge in [0.25, 0.3) is 5.56 Å². The van der Waals surface area contributed by atoms with Crippen LogP contribution in [0, 0.1) is 0 Å². The van der Waals surface area contributed by atoms with Crippen LogP contribution in [-0.2, 0) is 20.8 Å². The van der Waals surface area contributed by atoms with Crippen molar-refractivity contribution >= 4 is 22.8 Å². The van der Waals surface area contributed by atoms with Crippen LogP contribution in [0.1, 0.15) is 0 Å². The molecule has 2 heterocycles. The summed E-state index contributed by atoms with van der Waals surface area (Å²) in [6, 6.07) is 0. The first kappa shape index (κ1) is 10.9. The molecule has 0 aliphatic carbocycles. The summed E-state index contributed by atoms with van der Waals surface area (Å²) >= 11 is 5.74. The first-order valence-corrected chi connectivity index (χ1v) is 4.79. The van der Waals surface area contributed by atoms with Gasteiger partial charge in [0.05, 0.1) is 0 Å². The van der Waals surface area contributed by atoms with Gasteiger partial charge >= 0.3 is 5.69 Å². The van der Waals surface area contributed by atoms with E-state index in [4.69, 9.17) is 16.7 Å². The van der Waals surface area contributed by atoms with Crippen molar-refractivity contribution in [2.75, 3.05) is 0 Å². The van der Waals surface area contributed by atoms with E-state index in [0.29, 0.717) is 0 Å². The second-order valence-electron chi connectivity index (χ2n) is 3.33. The summed E-state index contributed by atoms with van der Waals surface area (Å²) in [4.78, 5) is 27.3. The number of aliphatic hydroxyl groups excluding tert-OH is 1. The van der Waals surface area contributed by atoms with E-state index in [1.54, 1.807) is 0 Å². The van der Waals surface area contributed by atoms with Gasteiger partial charge in [-0.1, -0.05) is 0 Å². The molecule has 1 N–H and O–H groups in total. The third-order valence-corrected chi connectivity index (χ3v) is 2.73. The van der Waals surface area contributed by atoms with Crippen LogP contribution in [0.5, 0.6) is 0 Å². The number of nitrogens with zero attached hydrogens (tertiary/aromatic N) is 4. The van der Waals surface area contributed by atoms with Gasteiger partial charge in [-0.3, -0.25) is 18.5 Å². The van der Waals surface area contributed by atoms with Crippen LogP contribution in [0.2, 0.25) is 5.28 Å². The molecule has 2 aromatic rings. The molecule has 0 aromatic carbocycles. The Balaban J connectivity index is 3.15. The Kier molecular flexibility index (Phi) is 2.36. The number of imidazole rings is 1. The quantitative estimate of drug-likeness (QED) is 0.655. The monoisotopic (exact) mass is 244 g/mol. The molecule has 0 aliphatic heterocycles. The Hall–Kier alpha value is -1.60. The zero-order valence-electron chi connectivity index (χ0n) is 8.64. The fourth-order valence-electron chi connectivity index (χ4n) is 1.55. The van der Waals surface area contributed by atoms with Crippen LogP contribution < -0.4 is 11.2 Å². The zero-order chi connectivity index (χ0) is 12.0. The molecule has 0 bridgehead atoms. The summed E-state index contributed by atoms with van der Waals surface area (Å²) < 4.78 is 3.28. The van der Waals surface area contributed by atoms with Crippen LogP contribution >= 0.6 is 11.6 Å². The number of aromatic nitrogens is 4. The molecular weight excluding hydrogens is 236 g/mol. The molecule has 0 saturated carbocycles. The first-order valence-electron chi connectivity index (χ1n) is 4.41. The fourth-order valence-corrected chi connectivity index (χ4v) is 1.77. The van der Waals surface area contributed by atoms with Crippen molar-refractivity contribution in [1.29, 1.82) is 0 Å².